The zero-order valence-electron chi connectivity index (χ0n) is 15.0. The Kier molecular flexibility index (Phi) is 7.15. The fraction of sp³-hybridized carbons (Fsp3) is 0.300. The molecule has 2 aromatic rings. The van der Waals surface area contributed by atoms with Crippen LogP contribution in [-0.2, 0) is 17.8 Å². The first-order valence-electron chi connectivity index (χ1n) is 8.48. The summed E-state index contributed by atoms with van der Waals surface area (Å²) in [6.07, 6.45) is 1.17. The molecular formula is C20H23N3O3. The minimum Gasteiger partial charge on any atom is -0.489 e. The molecule has 2 rings (SSSR count). The number of carbonyl (C=O) groups excluding carboxylic acids is 1. The van der Waals surface area contributed by atoms with Crippen LogP contribution in [0.1, 0.15) is 30.0 Å². The van der Waals surface area contributed by atoms with Gasteiger partial charge in [-0.15, -0.1) is 0 Å². The number of hydrogen-bond acceptors (Lipinski definition) is 5. The third-order valence-corrected chi connectivity index (χ3v) is 4.13. The highest BCUT2D eigenvalue weighted by Gasteiger charge is 2.21. The van der Waals surface area contributed by atoms with E-state index >= 15 is 0 Å². The average Bonchev–Trinajstić information content (AvgIpc) is 2.70. The molecule has 136 valence electrons. The van der Waals surface area contributed by atoms with Gasteiger partial charge in [0.2, 0.25) is 0 Å². The van der Waals surface area contributed by atoms with E-state index in [0.29, 0.717) is 30.2 Å². The zero-order chi connectivity index (χ0) is 18.9. The van der Waals surface area contributed by atoms with Gasteiger partial charge >= 0.3 is 0 Å². The molecule has 0 saturated heterocycles. The van der Waals surface area contributed by atoms with E-state index in [4.69, 9.17) is 10.00 Å². The van der Waals surface area contributed by atoms with Crippen molar-refractivity contribution < 1.29 is 14.7 Å². The first kappa shape index (κ1) is 19.4. The fourth-order valence-electron chi connectivity index (χ4n) is 2.59. The molecule has 1 unspecified atom stereocenters. The Labute approximate surface area is 153 Å². The molecule has 0 aliphatic rings. The summed E-state index contributed by atoms with van der Waals surface area (Å²) in [6, 6.07) is 16.9. The summed E-state index contributed by atoms with van der Waals surface area (Å²) < 4.78 is 5.75. The molecule has 1 amide bonds. The van der Waals surface area contributed by atoms with E-state index in [-0.39, 0.29) is 11.8 Å². The Bertz CT molecular complexity index is 769. The Hall–Kier alpha value is -2.88. The smallest absolute Gasteiger partial charge is 0.264 e. The normalized spacial score (nSPS) is 11.5. The molecule has 2 N–H and O–H groups in total. The van der Waals surface area contributed by atoms with Gasteiger partial charge in [-0.3, -0.25) is 10.0 Å². The summed E-state index contributed by atoms with van der Waals surface area (Å²) in [7, 11) is 1.49. The first-order valence-corrected chi connectivity index (χ1v) is 8.48. The molecule has 2 aromatic carbocycles. The van der Waals surface area contributed by atoms with Crippen molar-refractivity contribution in [3.05, 3.63) is 65.2 Å². The van der Waals surface area contributed by atoms with Crippen LogP contribution in [-0.4, -0.2) is 23.3 Å². The van der Waals surface area contributed by atoms with Gasteiger partial charge in [-0.05, 0) is 48.2 Å². The van der Waals surface area contributed by atoms with E-state index in [0.717, 1.165) is 16.9 Å². The van der Waals surface area contributed by atoms with Crippen LogP contribution < -0.4 is 10.2 Å². The van der Waals surface area contributed by atoms with E-state index in [1.165, 1.54) is 7.05 Å². The van der Waals surface area contributed by atoms with Gasteiger partial charge in [0.25, 0.3) is 5.91 Å². The molecule has 0 aliphatic carbocycles. The van der Waals surface area contributed by atoms with Gasteiger partial charge in [0, 0.05) is 13.0 Å². The van der Waals surface area contributed by atoms with Gasteiger partial charge in [-0.1, -0.05) is 31.2 Å². The van der Waals surface area contributed by atoms with Crippen molar-refractivity contribution in [2.75, 3.05) is 7.05 Å². The predicted octanol–water partition coefficient (Wildman–Crippen LogP) is 3.06. The van der Waals surface area contributed by atoms with E-state index in [9.17, 15) is 10.0 Å². The van der Waals surface area contributed by atoms with Crippen LogP contribution in [0.5, 0.6) is 5.75 Å². The molecule has 1 atom stereocenters. The summed E-state index contributed by atoms with van der Waals surface area (Å²) >= 11 is 0. The lowest BCUT2D eigenvalue weighted by molar-refractivity contribution is -0.182. The molecule has 26 heavy (non-hydrogen) atoms. The van der Waals surface area contributed by atoms with Crippen molar-refractivity contribution in [1.29, 1.82) is 5.26 Å². The third-order valence-electron chi connectivity index (χ3n) is 4.13. The number of nitrogens with one attached hydrogen (secondary N) is 1. The lowest BCUT2D eigenvalue weighted by Crippen LogP contribution is -2.41. The standard InChI is InChI=1S/C20H23N3O3/c1-3-18(20(24)23(25)22-2)12-15-7-9-19(10-8-15)26-14-17-6-4-5-16(11-17)13-21/h4-11,18,22,25H,3,12,14H2,1-2H3. The highest BCUT2D eigenvalue weighted by Crippen LogP contribution is 2.19. The quantitative estimate of drug-likeness (QED) is 0.563. The number of rotatable bonds is 8. The number of hydroxylamine groups is 1. The molecule has 0 bridgehead atoms. The largest absolute Gasteiger partial charge is 0.489 e. The maximum absolute atomic E-state index is 12.1. The van der Waals surface area contributed by atoms with Gasteiger partial charge in [0.1, 0.15) is 12.4 Å². The van der Waals surface area contributed by atoms with Crippen molar-refractivity contribution >= 4 is 5.91 Å². The summed E-state index contributed by atoms with van der Waals surface area (Å²) in [4.78, 5) is 12.1. The number of ether oxygens (including phenoxy) is 1. The van der Waals surface area contributed by atoms with E-state index < -0.39 is 0 Å². The number of carbonyl (C=O) groups is 1. The highest BCUT2D eigenvalue weighted by molar-refractivity contribution is 5.77. The predicted molar refractivity (Wildman–Crippen MR) is 97.1 cm³/mol. The van der Waals surface area contributed by atoms with E-state index in [2.05, 4.69) is 11.5 Å². The molecule has 0 spiro atoms. The van der Waals surface area contributed by atoms with Gasteiger partial charge in [-0.2, -0.15) is 10.4 Å². The van der Waals surface area contributed by atoms with Crippen LogP contribution in [0.3, 0.4) is 0 Å². The Morgan fingerprint density at radius 2 is 2.00 bits per heavy atom. The lowest BCUT2D eigenvalue weighted by Gasteiger charge is -2.20. The molecule has 0 aliphatic heterocycles. The van der Waals surface area contributed by atoms with Gasteiger partial charge in [0.15, 0.2) is 0 Å². The summed E-state index contributed by atoms with van der Waals surface area (Å²) in [5.41, 5.74) is 4.95. The lowest BCUT2D eigenvalue weighted by atomic mass is 9.96. The van der Waals surface area contributed by atoms with Crippen LogP contribution >= 0.6 is 0 Å². The maximum atomic E-state index is 12.1. The van der Waals surface area contributed by atoms with Crippen molar-refractivity contribution in [2.24, 2.45) is 5.92 Å². The Morgan fingerprint density at radius 1 is 1.27 bits per heavy atom. The fourth-order valence-corrected chi connectivity index (χ4v) is 2.59. The molecule has 0 heterocycles. The van der Waals surface area contributed by atoms with Crippen molar-refractivity contribution in [3.8, 4) is 11.8 Å². The Morgan fingerprint density at radius 3 is 2.62 bits per heavy atom. The van der Waals surface area contributed by atoms with E-state index in [1.54, 1.807) is 12.1 Å². The van der Waals surface area contributed by atoms with Gasteiger partial charge < -0.3 is 4.74 Å². The van der Waals surface area contributed by atoms with Crippen LogP contribution in [0.2, 0.25) is 0 Å². The first-order chi connectivity index (χ1) is 12.6. The van der Waals surface area contributed by atoms with Crippen LogP contribution in [0.15, 0.2) is 48.5 Å². The molecule has 0 fully saturated rings. The second-order valence-corrected chi connectivity index (χ2v) is 5.93. The SMILES string of the molecule is CCC(Cc1ccc(OCc2cccc(C#N)c2)cc1)C(=O)N(O)NC. The average molecular weight is 353 g/mol. The number of hydrazine groups is 1. The van der Waals surface area contributed by atoms with Crippen molar-refractivity contribution in [1.82, 2.24) is 10.6 Å². The maximum Gasteiger partial charge on any atom is 0.264 e. The van der Waals surface area contributed by atoms with Crippen molar-refractivity contribution in [3.63, 3.8) is 0 Å². The summed E-state index contributed by atoms with van der Waals surface area (Å²) in [5, 5.41) is 18.9. The van der Waals surface area contributed by atoms with Crippen LogP contribution in [0, 0.1) is 17.2 Å². The van der Waals surface area contributed by atoms with Crippen LogP contribution in [0.25, 0.3) is 0 Å². The van der Waals surface area contributed by atoms with E-state index in [1.807, 2.05) is 43.3 Å². The minimum atomic E-state index is -0.354. The van der Waals surface area contributed by atoms with Crippen LogP contribution in [0.4, 0.5) is 0 Å². The summed E-state index contributed by atoms with van der Waals surface area (Å²) in [6.45, 7) is 2.30. The zero-order valence-corrected chi connectivity index (χ0v) is 15.0. The Balaban J connectivity index is 1.95. The molecular weight excluding hydrogens is 330 g/mol. The van der Waals surface area contributed by atoms with Gasteiger partial charge in [-0.25, -0.2) is 5.43 Å². The number of nitriles is 1. The molecule has 6 heteroatoms. The summed E-state index contributed by atoms with van der Waals surface area (Å²) in [5.74, 6) is 0.0649. The second-order valence-electron chi connectivity index (χ2n) is 5.93. The topological polar surface area (TPSA) is 85.6 Å². The third kappa shape index (κ3) is 5.31. The molecule has 0 radical (unpaired) electrons. The highest BCUT2D eigenvalue weighted by atomic mass is 16.6. The van der Waals surface area contributed by atoms with Gasteiger partial charge in [0.05, 0.1) is 11.6 Å². The minimum absolute atomic E-state index is 0.298. The van der Waals surface area contributed by atoms with Crippen molar-refractivity contribution in [2.45, 2.75) is 26.4 Å². The number of benzene rings is 2. The number of amides is 1. The molecule has 6 nitrogen and oxygen atoms in total. The number of nitrogens with zero attached hydrogens (tertiary/aromatic N) is 2. The second kappa shape index (κ2) is 9.56. The molecule has 0 aromatic heterocycles. The molecule has 0 saturated carbocycles. The monoisotopic (exact) mass is 353 g/mol. The number of hydrogen-bond donors (Lipinski definition) is 2.